The van der Waals surface area contributed by atoms with E-state index >= 15 is 0 Å². The summed E-state index contributed by atoms with van der Waals surface area (Å²) in [4.78, 5) is 23.8. The molecule has 0 fully saturated rings. The van der Waals surface area contributed by atoms with Crippen LogP contribution in [0.4, 0.5) is 0 Å². The van der Waals surface area contributed by atoms with E-state index in [0.29, 0.717) is 17.7 Å². The van der Waals surface area contributed by atoms with Crippen LogP contribution in [0, 0.1) is 5.92 Å². The molecule has 0 saturated heterocycles. The smallest absolute Gasteiger partial charge is 0.336 e. The number of ether oxygens (including phenoxy) is 1. The summed E-state index contributed by atoms with van der Waals surface area (Å²) in [5, 5.41) is 2.75. The van der Waals surface area contributed by atoms with E-state index in [4.69, 9.17) is 4.74 Å². The zero-order chi connectivity index (χ0) is 14.0. The molecule has 2 rings (SSSR count). The Morgan fingerprint density at radius 1 is 1.26 bits per heavy atom. The maximum atomic E-state index is 12.0. The van der Waals surface area contributed by atoms with Crippen LogP contribution in [0.15, 0.2) is 22.4 Å². The van der Waals surface area contributed by atoms with Gasteiger partial charge in [0.05, 0.1) is 12.7 Å². The van der Waals surface area contributed by atoms with Gasteiger partial charge in [-0.1, -0.05) is 11.1 Å². The first-order chi connectivity index (χ1) is 9.04. The molecule has 19 heavy (non-hydrogen) atoms. The van der Waals surface area contributed by atoms with Gasteiger partial charge >= 0.3 is 5.97 Å². The molecule has 2 aliphatic rings. The molecule has 4 heteroatoms. The normalized spacial score (nSPS) is 24.4. The Hall–Kier alpha value is -1.58. The summed E-state index contributed by atoms with van der Waals surface area (Å²) in [6.45, 7) is 3.89. The van der Waals surface area contributed by atoms with Crippen LogP contribution in [-0.2, 0) is 14.3 Å². The number of rotatable bonds is 2. The largest absolute Gasteiger partial charge is 0.466 e. The lowest BCUT2D eigenvalue weighted by Crippen LogP contribution is -2.36. The molecule has 1 aliphatic carbocycles. The highest BCUT2D eigenvalue weighted by Crippen LogP contribution is 2.38. The van der Waals surface area contributed by atoms with Crippen LogP contribution < -0.4 is 5.32 Å². The maximum absolute atomic E-state index is 12.0. The molecule has 0 saturated carbocycles. The predicted molar refractivity (Wildman–Crippen MR) is 72.1 cm³/mol. The second-order valence-electron chi connectivity index (χ2n) is 5.35. The Kier molecular flexibility index (Phi) is 4.08. The molecule has 0 spiro atoms. The monoisotopic (exact) mass is 263 g/mol. The first-order valence-corrected chi connectivity index (χ1v) is 6.82. The fourth-order valence-electron chi connectivity index (χ4n) is 3.13. The first kappa shape index (κ1) is 13.8. The molecule has 104 valence electrons. The van der Waals surface area contributed by atoms with Gasteiger partial charge in [-0.3, -0.25) is 4.79 Å². The summed E-state index contributed by atoms with van der Waals surface area (Å²) in [6, 6.07) is 0. The van der Waals surface area contributed by atoms with E-state index in [9.17, 15) is 9.59 Å². The van der Waals surface area contributed by atoms with Crippen LogP contribution in [0.2, 0.25) is 0 Å². The lowest BCUT2D eigenvalue weighted by atomic mass is 9.77. The Bertz CT molecular complexity index is 474. The highest BCUT2D eigenvalue weighted by Gasteiger charge is 2.34. The van der Waals surface area contributed by atoms with Gasteiger partial charge in [0.25, 0.3) is 0 Å². The average molecular weight is 263 g/mol. The maximum Gasteiger partial charge on any atom is 0.336 e. The number of nitrogens with one attached hydrogen (secondary N) is 1. The lowest BCUT2D eigenvalue weighted by molar-refractivity contribution is -0.137. The van der Waals surface area contributed by atoms with E-state index in [0.717, 1.165) is 19.3 Å². The third kappa shape index (κ3) is 2.72. The van der Waals surface area contributed by atoms with Crippen molar-refractivity contribution in [3.8, 4) is 0 Å². The number of carbonyl (C=O) groups excluding carboxylic acids is 2. The average Bonchev–Trinajstić information content (AvgIpc) is 2.37. The molecule has 1 unspecified atom stereocenters. The Morgan fingerprint density at radius 3 is 2.58 bits per heavy atom. The predicted octanol–water partition coefficient (Wildman–Crippen LogP) is 2.46. The van der Waals surface area contributed by atoms with Crippen molar-refractivity contribution in [1.82, 2.24) is 5.32 Å². The van der Waals surface area contributed by atoms with Gasteiger partial charge < -0.3 is 10.1 Å². The quantitative estimate of drug-likeness (QED) is 0.615. The zero-order valence-electron chi connectivity index (χ0n) is 11.8. The van der Waals surface area contributed by atoms with Crippen molar-refractivity contribution in [1.29, 1.82) is 0 Å². The summed E-state index contributed by atoms with van der Waals surface area (Å²) >= 11 is 0. The molecular weight excluding hydrogens is 242 g/mol. The van der Waals surface area contributed by atoms with Crippen molar-refractivity contribution in [2.45, 2.75) is 46.0 Å². The third-order valence-electron chi connectivity index (χ3n) is 4.09. The van der Waals surface area contributed by atoms with Crippen molar-refractivity contribution >= 4 is 11.9 Å². The lowest BCUT2D eigenvalue weighted by Gasteiger charge is -2.31. The Balaban J connectivity index is 2.43. The summed E-state index contributed by atoms with van der Waals surface area (Å²) in [5.41, 5.74) is 3.86. The molecule has 0 radical (unpaired) electrons. The number of allylic oxidation sites excluding steroid dienone is 3. The van der Waals surface area contributed by atoms with Crippen LogP contribution in [-0.4, -0.2) is 19.0 Å². The second-order valence-corrected chi connectivity index (χ2v) is 5.35. The molecule has 0 aromatic rings. The molecular formula is C15H21NO3. The number of carbonyl (C=O) groups is 2. The Morgan fingerprint density at radius 2 is 1.95 bits per heavy atom. The minimum Gasteiger partial charge on any atom is -0.466 e. The molecule has 0 bridgehead atoms. The van der Waals surface area contributed by atoms with E-state index in [1.54, 1.807) is 6.92 Å². The third-order valence-corrected chi connectivity index (χ3v) is 4.09. The van der Waals surface area contributed by atoms with Gasteiger partial charge in [0, 0.05) is 18.0 Å². The molecule has 0 aromatic carbocycles. The van der Waals surface area contributed by atoms with Gasteiger partial charge in [-0.15, -0.1) is 0 Å². The van der Waals surface area contributed by atoms with Gasteiger partial charge in [0.2, 0.25) is 5.91 Å². The summed E-state index contributed by atoms with van der Waals surface area (Å²) in [5.74, 6) is -0.434. The number of hydrogen-bond donors (Lipinski definition) is 1. The molecule has 1 aliphatic heterocycles. The standard InChI is InChI=1S/C15H21NO3/c1-9-6-4-5-7-11(9)12-8-13(17)16-10(2)14(12)15(18)19-3/h12H,4-8H2,1-3H3,(H,16,17). The van der Waals surface area contributed by atoms with E-state index in [1.165, 1.54) is 24.7 Å². The Labute approximate surface area is 113 Å². The molecule has 1 atom stereocenters. The minimum absolute atomic E-state index is 0.0129. The highest BCUT2D eigenvalue weighted by molar-refractivity contribution is 5.95. The summed E-state index contributed by atoms with van der Waals surface area (Å²) in [6.07, 6.45) is 4.75. The van der Waals surface area contributed by atoms with E-state index < -0.39 is 0 Å². The molecule has 4 nitrogen and oxygen atoms in total. The van der Waals surface area contributed by atoms with Crippen LogP contribution in [0.1, 0.15) is 46.0 Å². The summed E-state index contributed by atoms with van der Waals surface area (Å²) < 4.78 is 4.88. The number of hydrogen-bond acceptors (Lipinski definition) is 3. The molecule has 1 amide bonds. The van der Waals surface area contributed by atoms with Crippen molar-refractivity contribution in [3.05, 3.63) is 22.4 Å². The van der Waals surface area contributed by atoms with Gasteiger partial charge in [-0.05, 0) is 39.5 Å². The van der Waals surface area contributed by atoms with Crippen molar-refractivity contribution in [3.63, 3.8) is 0 Å². The number of amides is 1. The second kappa shape index (κ2) is 5.59. The van der Waals surface area contributed by atoms with E-state index in [1.807, 2.05) is 0 Å². The van der Waals surface area contributed by atoms with Gasteiger partial charge in [-0.2, -0.15) is 0 Å². The first-order valence-electron chi connectivity index (χ1n) is 6.82. The SMILES string of the molecule is COC(=O)C1=C(C)NC(=O)CC1C1=C(C)CCCC1. The fraction of sp³-hybridized carbons (Fsp3) is 0.600. The van der Waals surface area contributed by atoms with E-state index in [-0.39, 0.29) is 17.8 Å². The van der Waals surface area contributed by atoms with Crippen LogP contribution in [0.25, 0.3) is 0 Å². The topological polar surface area (TPSA) is 55.4 Å². The molecule has 1 heterocycles. The van der Waals surface area contributed by atoms with Crippen LogP contribution in [0.3, 0.4) is 0 Å². The van der Waals surface area contributed by atoms with Crippen molar-refractivity contribution < 1.29 is 14.3 Å². The highest BCUT2D eigenvalue weighted by atomic mass is 16.5. The molecule has 1 N–H and O–H groups in total. The van der Waals surface area contributed by atoms with Crippen molar-refractivity contribution in [2.24, 2.45) is 5.92 Å². The number of esters is 1. The minimum atomic E-state index is -0.326. The zero-order valence-corrected chi connectivity index (χ0v) is 11.8. The number of methoxy groups -OCH3 is 1. The fourth-order valence-corrected chi connectivity index (χ4v) is 3.13. The van der Waals surface area contributed by atoms with Gasteiger partial charge in [0.15, 0.2) is 0 Å². The van der Waals surface area contributed by atoms with E-state index in [2.05, 4.69) is 12.2 Å². The molecule has 0 aromatic heterocycles. The summed E-state index contributed by atoms with van der Waals surface area (Å²) in [7, 11) is 1.39. The van der Waals surface area contributed by atoms with Gasteiger partial charge in [0.1, 0.15) is 0 Å². The van der Waals surface area contributed by atoms with Crippen molar-refractivity contribution in [2.75, 3.05) is 7.11 Å². The van der Waals surface area contributed by atoms with Crippen LogP contribution in [0.5, 0.6) is 0 Å². The van der Waals surface area contributed by atoms with Gasteiger partial charge in [-0.25, -0.2) is 4.79 Å². The van der Waals surface area contributed by atoms with Crippen LogP contribution >= 0.6 is 0 Å².